The standard InChI is InChI=1S/C20H26N2O4/c23-18-10-8-15-5-1-2-7-17(15)22(18)14-12-19(24)21-13-4-3-6-16(21)9-11-20(25)26/h1-2,5,7,16H,3-4,6,8-14H2,(H,25,26)/t16-/m1/s1. The summed E-state index contributed by atoms with van der Waals surface area (Å²) in [5.74, 6) is -0.730. The fraction of sp³-hybridized carbons (Fsp3) is 0.550. The minimum Gasteiger partial charge on any atom is -0.481 e. The summed E-state index contributed by atoms with van der Waals surface area (Å²) in [5.41, 5.74) is 2.06. The van der Waals surface area contributed by atoms with Crippen molar-refractivity contribution in [1.82, 2.24) is 4.90 Å². The Morgan fingerprint density at radius 1 is 1.12 bits per heavy atom. The minimum absolute atomic E-state index is 0.0108. The molecule has 140 valence electrons. The Morgan fingerprint density at radius 2 is 1.92 bits per heavy atom. The van der Waals surface area contributed by atoms with Gasteiger partial charge in [0, 0.05) is 44.1 Å². The number of hydrogen-bond acceptors (Lipinski definition) is 3. The van der Waals surface area contributed by atoms with Crippen LogP contribution in [0.5, 0.6) is 0 Å². The molecule has 6 heteroatoms. The number of anilines is 1. The number of carbonyl (C=O) groups excluding carboxylic acids is 2. The number of aryl methyl sites for hydroxylation is 1. The van der Waals surface area contributed by atoms with Gasteiger partial charge in [0.2, 0.25) is 11.8 Å². The zero-order valence-electron chi connectivity index (χ0n) is 15.0. The van der Waals surface area contributed by atoms with Crippen molar-refractivity contribution in [3.8, 4) is 0 Å². The summed E-state index contributed by atoms with van der Waals surface area (Å²) in [6.07, 6.45) is 4.97. The predicted octanol–water partition coefficient (Wildman–Crippen LogP) is 2.60. The summed E-state index contributed by atoms with van der Waals surface area (Å²) in [6.45, 7) is 1.07. The highest BCUT2D eigenvalue weighted by molar-refractivity contribution is 5.97. The first-order chi connectivity index (χ1) is 12.6. The number of hydrogen-bond donors (Lipinski definition) is 1. The molecule has 0 unspecified atom stereocenters. The van der Waals surface area contributed by atoms with Gasteiger partial charge in [-0.3, -0.25) is 14.4 Å². The average molecular weight is 358 g/mol. The van der Waals surface area contributed by atoms with Crippen molar-refractivity contribution < 1.29 is 19.5 Å². The molecule has 2 aliphatic rings. The van der Waals surface area contributed by atoms with Gasteiger partial charge < -0.3 is 14.9 Å². The molecule has 1 atom stereocenters. The summed E-state index contributed by atoms with van der Waals surface area (Å²) >= 11 is 0. The van der Waals surface area contributed by atoms with E-state index in [1.54, 1.807) is 4.90 Å². The molecule has 26 heavy (non-hydrogen) atoms. The van der Waals surface area contributed by atoms with Crippen LogP contribution in [0.1, 0.15) is 50.5 Å². The van der Waals surface area contributed by atoms with Crippen LogP contribution in [-0.2, 0) is 20.8 Å². The van der Waals surface area contributed by atoms with Crippen LogP contribution in [0.15, 0.2) is 24.3 Å². The van der Waals surface area contributed by atoms with Gasteiger partial charge in [0.25, 0.3) is 0 Å². The first kappa shape index (κ1) is 18.4. The minimum atomic E-state index is -0.821. The normalized spacial score (nSPS) is 20.0. The number of likely N-dealkylation sites (tertiary alicyclic amines) is 1. The first-order valence-electron chi connectivity index (χ1n) is 9.46. The van der Waals surface area contributed by atoms with E-state index in [-0.39, 0.29) is 30.7 Å². The second-order valence-electron chi connectivity index (χ2n) is 7.09. The number of fused-ring (bicyclic) bond motifs is 1. The average Bonchev–Trinajstić information content (AvgIpc) is 2.65. The van der Waals surface area contributed by atoms with Crippen LogP contribution >= 0.6 is 0 Å². The molecule has 1 fully saturated rings. The van der Waals surface area contributed by atoms with E-state index in [2.05, 4.69) is 0 Å². The number of benzene rings is 1. The molecule has 6 nitrogen and oxygen atoms in total. The maximum absolute atomic E-state index is 12.8. The Morgan fingerprint density at radius 3 is 2.73 bits per heavy atom. The van der Waals surface area contributed by atoms with E-state index in [9.17, 15) is 14.4 Å². The van der Waals surface area contributed by atoms with Crippen molar-refractivity contribution in [2.45, 2.75) is 57.4 Å². The van der Waals surface area contributed by atoms with Crippen molar-refractivity contribution in [3.05, 3.63) is 29.8 Å². The van der Waals surface area contributed by atoms with E-state index in [0.29, 0.717) is 25.9 Å². The second kappa shape index (κ2) is 8.34. The Bertz CT molecular complexity index is 688. The zero-order valence-corrected chi connectivity index (χ0v) is 15.0. The molecule has 3 rings (SSSR count). The largest absolute Gasteiger partial charge is 0.481 e. The van der Waals surface area contributed by atoms with E-state index in [1.165, 1.54) is 0 Å². The molecule has 2 amide bonds. The van der Waals surface area contributed by atoms with Crippen LogP contribution in [0.3, 0.4) is 0 Å². The number of aliphatic carboxylic acids is 1. The Kier molecular flexibility index (Phi) is 5.91. The topological polar surface area (TPSA) is 77.9 Å². The van der Waals surface area contributed by atoms with Crippen LogP contribution < -0.4 is 4.90 Å². The fourth-order valence-corrected chi connectivity index (χ4v) is 4.01. The molecule has 0 radical (unpaired) electrons. The quantitative estimate of drug-likeness (QED) is 0.848. The number of carboxylic acids is 1. The Balaban J connectivity index is 1.62. The third-order valence-electron chi connectivity index (χ3n) is 5.38. The van der Waals surface area contributed by atoms with Crippen LogP contribution in [0, 0.1) is 0 Å². The molecule has 1 N–H and O–H groups in total. The lowest BCUT2D eigenvalue weighted by atomic mass is 9.97. The summed E-state index contributed by atoms with van der Waals surface area (Å²) in [5, 5.41) is 8.92. The Labute approximate surface area is 153 Å². The molecule has 0 spiro atoms. The van der Waals surface area contributed by atoms with Gasteiger partial charge in [0.05, 0.1) is 0 Å². The highest BCUT2D eigenvalue weighted by Gasteiger charge is 2.29. The lowest BCUT2D eigenvalue weighted by Gasteiger charge is -2.36. The molecule has 2 aliphatic heterocycles. The summed E-state index contributed by atoms with van der Waals surface area (Å²) in [6, 6.07) is 7.87. The third-order valence-corrected chi connectivity index (χ3v) is 5.38. The first-order valence-corrected chi connectivity index (χ1v) is 9.46. The van der Waals surface area contributed by atoms with E-state index in [1.807, 2.05) is 29.2 Å². The lowest BCUT2D eigenvalue weighted by Crippen LogP contribution is -2.45. The molecule has 1 saturated heterocycles. The molecule has 0 aliphatic carbocycles. The van der Waals surface area contributed by atoms with Crippen LogP contribution in [0.25, 0.3) is 0 Å². The maximum Gasteiger partial charge on any atom is 0.303 e. The molecule has 1 aromatic carbocycles. The van der Waals surface area contributed by atoms with E-state index >= 15 is 0 Å². The number of carbonyl (C=O) groups is 3. The van der Waals surface area contributed by atoms with E-state index < -0.39 is 5.97 Å². The summed E-state index contributed by atoms with van der Waals surface area (Å²) in [4.78, 5) is 39.5. The number of piperidine rings is 1. The van der Waals surface area contributed by atoms with Crippen LogP contribution in [0.4, 0.5) is 5.69 Å². The van der Waals surface area contributed by atoms with Gasteiger partial charge in [-0.05, 0) is 43.7 Å². The fourth-order valence-electron chi connectivity index (χ4n) is 4.01. The van der Waals surface area contributed by atoms with Crippen molar-refractivity contribution in [2.24, 2.45) is 0 Å². The van der Waals surface area contributed by atoms with Gasteiger partial charge in [-0.15, -0.1) is 0 Å². The van der Waals surface area contributed by atoms with Gasteiger partial charge >= 0.3 is 5.97 Å². The van der Waals surface area contributed by atoms with Crippen molar-refractivity contribution in [1.29, 1.82) is 0 Å². The Hall–Kier alpha value is -2.37. The molecule has 1 aromatic rings. The molecule has 0 bridgehead atoms. The van der Waals surface area contributed by atoms with Crippen molar-refractivity contribution in [2.75, 3.05) is 18.0 Å². The van der Waals surface area contributed by atoms with Gasteiger partial charge in [-0.2, -0.15) is 0 Å². The van der Waals surface area contributed by atoms with Gasteiger partial charge in [0.1, 0.15) is 0 Å². The number of para-hydroxylation sites is 1. The molecule has 2 heterocycles. The second-order valence-corrected chi connectivity index (χ2v) is 7.09. The number of rotatable bonds is 6. The van der Waals surface area contributed by atoms with E-state index in [0.717, 1.165) is 36.9 Å². The molecular formula is C20H26N2O4. The predicted molar refractivity (Wildman–Crippen MR) is 98.0 cm³/mol. The van der Waals surface area contributed by atoms with Crippen molar-refractivity contribution >= 4 is 23.5 Å². The zero-order chi connectivity index (χ0) is 18.5. The highest BCUT2D eigenvalue weighted by Crippen LogP contribution is 2.28. The smallest absolute Gasteiger partial charge is 0.303 e. The summed E-state index contributed by atoms with van der Waals surface area (Å²) < 4.78 is 0. The number of carboxylic acid groups (broad SMARTS) is 1. The van der Waals surface area contributed by atoms with Crippen LogP contribution in [0.2, 0.25) is 0 Å². The third kappa shape index (κ3) is 4.23. The van der Waals surface area contributed by atoms with Crippen molar-refractivity contribution in [3.63, 3.8) is 0 Å². The summed E-state index contributed by atoms with van der Waals surface area (Å²) in [7, 11) is 0. The molecule has 0 saturated carbocycles. The number of nitrogens with zero attached hydrogens (tertiary/aromatic N) is 2. The highest BCUT2D eigenvalue weighted by atomic mass is 16.4. The lowest BCUT2D eigenvalue weighted by molar-refractivity contribution is -0.140. The van der Waals surface area contributed by atoms with E-state index in [4.69, 9.17) is 5.11 Å². The van der Waals surface area contributed by atoms with Gasteiger partial charge in [0.15, 0.2) is 0 Å². The molecule has 0 aromatic heterocycles. The molecular weight excluding hydrogens is 332 g/mol. The van der Waals surface area contributed by atoms with Crippen LogP contribution in [-0.4, -0.2) is 46.9 Å². The SMILES string of the molecule is O=C(O)CC[C@H]1CCCCN1C(=O)CCN1C(=O)CCc2ccccc21. The van der Waals surface area contributed by atoms with Gasteiger partial charge in [-0.1, -0.05) is 18.2 Å². The maximum atomic E-state index is 12.8. The van der Waals surface area contributed by atoms with Gasteiger partial charge in [-0.25, -0.2) is 0 Å². The monoisotopic (exact) mass is 358 g/mol. The number of amides is 2.